The normalized spacial score (nSPS) is 11.2. The summed E-state index contributed by atoms with van der Waals surface area (Å²) in [5.41, 5.74) is 3.56. The van der Waals surface area contributed by atoms with Crippen molar-refractivity contribution >= 4 is 17.5 Å². The van der Waals surface area contributed by atoms with Crippen LogP contribution >= 0.6 is 0 Å². The van der Waals surface area contributed by atoms with E-state index in [9.17, 15) is 27.2 Å². The molecule has 0 aromatic heterocycles. The van der Waals surface area contributed by atoms with Gasteiger partial charge in [0.1, 0.15) is 5.82 Å². The van der Waals surface area contributed by atoms with E-state index in [0.29, 0.717) is 0 Å². The topological polar surface area (TPSA) is 63.4 Å². The van der Waals surface area contributed by atoms with Gasteiger partial charge in [-0.3, -0.25) is 9.59 Å². The van der Waals surface area contributed by atoms with Crippen LogP contribution < -0.4 is 10.6 Å². The van der Waals surface area contributed by atoms with Gasteiger partial charge < -0.3 is 10.6 Å². The van der Waals surface area contributed by atoms with E-state index in [-0.39, 0.29) is 18.7 Å². The lowest BCUT2D eigenvalue weighted by atomic mass is 10.1. The van der Waals surface area contributed by atoms with Gasteiger partial charge in [0.25, 0.3) is 5.91 Å². The Morgan fingerprint density at radius 1 is 1.00 bits per heavy atom. The highest BCUT2D eigenvalue weighted by atomic mass is 19.4. The maximum atomic E-state index is 13.1. The van der Waals surface area contributed by atoms with Crippen molar-refractivity contribution in [2.24, 2.45) is 5.73 Å². The largest absolute Gasteiger partial charge is 0.417 e. The van der Waals surface area contributed by atoms with Gasteiger partial charge in [0.05, 0.1) is 11.1 Å². The summed E-state index contributed by atoms with van der Waals surface area (Å²) in [6.07, 6.45) is -4.97. The molecule has 0 aliphatic rings. The number of primary amides is 1. The summed E-state index contributed by atoms with van der Waals surface area (Å²) >= 11 is 0. The lowest BCUT2D eigenvalue weighted by Crippen LogP contribution is -2.35. The Morgan fingerprint density at radius 2 is 1.60 bits per heavy atom. The summed E-state index contributed by atoms with van der Waals surface area (Å²) < 4.78 is 52.5. The van der Waals surface area contributed by atoms with Gasteiger partial charge in [-0.1, -0.05) is 12.1 Å². The number of hydrogen-bond donors (Lipinski definition) is 1. The summed E-state index contributed by atoms with van der Waals surface area (Å²) in [5.74, 6) is -2.24. The lowest BCUT2D eigenvalue weighted by Gasteiger charge is -2.24. The minimum atomic E-state index is -4.72. The van der Waals surface area contributed by atoms with E-state index in [0.717, 1.165) is 29.2 Å². The van der Waals surface area contributed by atoms with E-state index < -0.39 is 34.9 Å². The van der Waals surface area contributed by atoms with Gasteiger partial charge >= 0.3 is 6.18 Å². The van der Waals surface area contributed by atoms with Crippen LogP contribution in [0.4, 0.5) is 23.2 Å². The van der Waals surface area contributed by atoms with E-state index in [4.69, 9.17) is 5.73 Å². The first-order valence-corrected chi connectivity index (χ1v) is 7.22. The highest BCUT2D eigenvalue weighted by Crippen LogP contribution is 2.33. The Kier molecular flexibility index (Phi) is 5.41. The van der Waals surface area contributed by atoms with Crippen molar-refractivity contribution in [3.63, 3.8) is 0 Å². The van der Waals surface area contributed by atoms with Crippen LogP contribution in [0.3, 0.4) is 0 Å². The average Bonchev–Trinajstić information content (AvgIpc) is 2.55. The number of carbonyl (C=O) groups excluding carboxylic acids is 2. The first kappa shape index (κ1) is 18.4. The van der Waals surface area contributed by atoms with Crippen molar-refractivity contribution in [2.75, 3.05) is 11.4 Å². The van der Waals surface area contributed by atoms with Gasteiger partial charge in [-0.05, 0) is 36.4 Å². The number of anilines is 1. The predicted molar refractivity (Wildman–Crippen MR) is 83.3 cm³/mol. The maximum absolute atomic E-state index is 13.1. The Balaban J connectivity index is 2.45. The van der Waals surface area contributed by atoms with Crippen molar-refractivity contribution in [3.05, 3.63) is 65.5 Å². The van der Waals surface area contributed by atoms with Crippen LogP contribution in [0, 0.1) is 5.82 Å². The molecule has 132 valence electrons. The van der Waals surface area contributed by atoms with Crippen molar-refractivity contribution in [3.8, 4) is 0 Å². The van der Waals surface area contributed by atoms with Gasteiger partial charge in [-0.25, -0.2) is 4.39 Å². The van der Waals surface area contributed by atoms with Gasteiger partial charge in [0.15, 0.2) is 0 Å². The van der Waals surface area contributed by atoms with Crippen molar-refractivity contribution in [1.29, 1.82) is 0 Å². The SMILES string of the molecule is NC(=O)CCN(C(=O)c1ccccc1C(F)(F)F)c1ccc(F)cc1. The Labute approximate surface area is 140 Å². The van der Waals surface area contributed by atoms with Crippen LogP contribution in [0.15, 0.2) is 48.5 Å². The second kappa shape index (κ2) is 7.33. The van der Waals surface area contributed by atoms with Gasteiger partial charge in [0, 0.05) is 18.7 Å². The molecule has 0 heterocycles. The fourth-order valence-corrected chi connectivity index (χ4v) is 2.25. The molecular formula is C17H14F4N2O2. The second-order valence-electron chi connectivity index (χ2n) is 5.19. The standard InChI is InChI=1S/C17H14F4N2O2/c18-11-5-7-12(8-6-11)23(10-9-15(22)24)16(25)13-3-1-2-4-14(13)17(19,20)21/h1-8H,9-10H2,(H2,22,24). The molecule has 25 heavy (non-hydrogen) atoms. The summed E-state index contributed by atoms with van der Waals surface area (Å²) in [6.45, 7) is -0.230. The number of rotatable bonds is 5. The zero-order valence-electron chi connectivity index (χ0n) is 12.9. The van der Waals surface area contributed by atoms with Gasteiger partial charge in [-0.2, -0.15) is 13.2 Å². The number of carbonyl (C=O) groups is 2. The van der Waals surface area contributed by atoms with Crippen molar-refractivity contribution in [2.45, 2.75) is 12.6 Å². The minimum absolute atomic E-state index is 0.157. The molecule has 2 amide bonds. The number of halogens is 4. The van der Waals surface area contributed by atoms with Crippen LogP contribution in [-0.2, 0) is 11.0 Å². The molecule has 0 saturated carbocycles. The maximum Gasteiger partial charge on any atom is 0.417 e. The fourth-order valence-electron chi connectivity index (χ4n) is 2.25. The molecule has 2 aromatic rings. The predicted octanol–water partition coefficient (Wildman–Crippen LogP) is 3.37. The highest BCUT2D eigenvalue weighted by Gasteiger charge is 2.36. The Bertz CT molecular complexity index is 773. The third kappa shape index (κ3) is 4.56. The smallest absolute Gasteiger partial charge is 0.370 e. The quantitative estimate of drug-likeness (QED) is 0.837. The lowest BCUT2D eigenvalue weighted by molar-refractivity contribution is -0.138. The zero-order chi connectivity index (χ0) is 18.6. The average molecular weight is 354 g/mol. The molecule has 2 rings (SSSR count). The molecule has 2 aromatic carbocycles. The van der Waals surface area contributed by atoms with Gasteiger partial charge in [0.2, 0.25) is 5.91 Å². The molecule has 0 atom stereocenters. The third-order valence-corrected chi connectivity index (χ3v) is 3.43. The van der Waals surface area contributed by atoms with E-state index in [1.807, 2.05) is 0 Å². The van der Waals surface area contributed by atoms with Crippen LogP contribution in [0.1, 0.15) is 22.3 Å². The molecule has 0 aliphatic carbocycles. The van der Waals surface area contributed by atoms with Crippen molar-refractivity contribution in [1.82, 2.24) is 0 Å². The van der Waals surface area contributed by atoms with E-state index in [2.05, 4.69) is 0 Å². The molecule has 0 unspecified atom stereocenters. The molecule has 0 saturated heterocycles. The molecule has 4 nitrogen and oxygen atoms in total. The van der Waals surface area contributed by atoms with Crippen LogP contribution in [0.25, 0.3) is 0 Å². The Hall–Kier alpha value is -2.90. The molecule has 0 bridgehead atoms. The number of alkyl halides is 3. The number of nitrogens with two attached hydrogens (primary N) is 1. The molecule has 0 radical (unpaired) electrons. The minimum Gasteiger partial charge on any atom is -0.370 e. The summed E-state index contributed by atoms with van der Waals surface area (Å²) in [5, 5.41) is 0. The fraction of sp³-hybridized carbons (Fsp3) is 0.176. The first-order valence-electron chi connectivity index (χ1n) is 7.22. The first-order chi connectivity index (χ1) is 11.7. The van der Waals surface area contributed by atoms with Crippen LogP contribution in [0.2, 0.25) is 0 Å². The highest BCUT2D eigenvalue weighted by molar-refractivity contribution is 6.07. The van der Waals surface area contributed by atoms with Gasteiger partial charge in [-0.15, -0.1) is 0 Å². The summed E-state index contributed by atoms with van der Waals surface area (Å²) in [6, 6.07) is 8.93. The number of benzene rings is 2. The zero-order valence-corrected chi connectivity index (χ0v) is 12.9. The molecule has 2 N–H and O–H groups in total. The summed E-state index contributed by atoms with van der Waals surface area (Å²) in [7, 11) is 0. The summed E-state index contributed by atoms with van der Waals surface area (Å²) in [4.78, 5) is 24.7. The van der Waals surface area contributed by atoms with Crippen LogP contribution in [-0.4, -0.2) is 18.4 Å². The monoisotopic (exact) mass is 354 g/mol. The molecular weight excluding hydrogens is 340 g/mol. The van der Waals surface area contributed by atoms with E-state index in [1.54, 1.807) is 0 Å². The molecule has 0 spiro atoms. The third-order valence-electron chi connectivity index (χ3n) is 3.43. The molecule has 0 aliphatic heterocycles. The second-order valence-corrected chi connectivity index (χ2v) is 5.19. The molecule has 8 heteroatoms. The number of amides is 2. The Morgan fingerprint density at radius 3 is 2.16 bits per heavy atom. The molecule has 0 fully saturated rings. The van der Waals surface area contributed by atoms with E-state index >= 15 is 0 Å². The van der Waals surface area contributed by atoms with Crippen LogP contribution in [0.5, 0.6) is 0 Å². The number of hydrogen-bond acceptors (Lipinski definition) is 2. The van der Waals surface area contributed by atoms with Crippen molar-refractivity contribution < 1.29 is 27.2 Å². The van der Waals surface area contributed by atoms with E-state index in [1.165, 1.54) is 24.3 Å². The number of nitrogens with zero attached hydrogens (tertiary/aromatic N) is 1.